The first kappa shape index (κ1) is 10.1. The maximum Gasteiger partial charge on any atom is 0.123 e. The first-order valence-electron chi connectivity index (χ1n) is 5.03. The molecule has 0 aliphatic carbocycles. The molecule has 2 aromatic rings. The van der Waals surface area contributed by atoms with Crippen molar-refractivity contribution in [1.29, 1.82) is 0 Å². The SMILES string of the molecule is CC(C)(C)c1ccnc2ccc(F)cc12. The number of nitrogens with zero attached hydrogens (tertiary/aromatic N) is 1. The number of fused-ring (bicyclic) bond motifs is 1. The van der Waals surface area contributed by atoms with Gasteiger partial charge < -0.3 is 0 Å². The van der Waals surface area contributed by atoms with Gasteiger partial charge in [0.2, 0.25) is 0 Å². The van der Waals surface area contributed by atoms with Crippen molar-refractivity contribution in [2.75, 3.05) is 0 Å². The molecule has 0 fully saturated rings. The molecule has 0 bridgehead atoms. The summed E-state index contributed by atoms with van der Waals surface area (Å²) in [5.74, 6) is -0.207. The molecule has 15 heavy (non-hydrogen) atoms. The van der Waals surface area contributed by atoms with Gasteiger partial charge >= 0.3 is 0 Å². The number of rotatable bonds is 0. The van der Waals surface area contributed by atoms with Crippen LogP contribution in [0.25, 0.3) is 10.9 Å². The lowest BCUT2D eigenvalue weighted by Gasteiger charge is -2.20. The average molecular weight is 203 g/mol. The van der Waals surface area contributed by atoms with Crippen LogP contribution in [0.4, 0.5) is 4.39 Å². The normalized spacial score (nSPS) is 12.0. The highest BCUT2D eigenvalue weighted by Crippen LogP contribution is 2.28. The second kappa shape index (κ2) is 3.30. The Hall–Kier alpha value is -1.44. The van der Waals surface area contributed by atoms with Crippen molar-refractivity contribution in [1.82, 2.24) is 4.98 Å². The summed E-state index contributed by atoms with van der Waals surface area (Å²) >= 11 is 0. The van der Waals surface area contributed by atoms with E-state index in [1.807, 2.05) is 6.07 Å². The number of halogens is 1. The minimum Gasteiger partial charge on any atom is -0.256 e. The number of aromatic nitrogens is 1. The fourth-order valence-electron chi connectivity index (χ4n) is 1.77. The zero-order valence-electron chi connectivity index (χ0n) is 9.21. The van der Waals surface area contributed by atoms with E-state index in [4.69, 9.17) is 0 Å². The molecule has 1 aromatic carbocycles. The highest BCUT2D eigenvalue weighted by atomic mass is 19.1. The summed E-state index contributed by atoms with van der Waals surface area (Å²) in [6, 6.07) is 6.69. The van der Waals surface area contributed by atoms with Crippen molar-refractivity contribution in [2.24, 2.45) is 0 Å². The Balaban J connectivity index is 2.80. The Morgan fingerprint density at radius 2 is 1.87 bits per heavy atom. The largest absolute Gasteiger partial charge is 0.256 e. The van der Waals surface area contributed by atoms with Crippen LogP contribution in [0.1, 0.15) is 26.3 Å². The maximum atomic E-state index is 13.2. The Kier molecular flexibility index (Phi) is 2.22. The van der Waals surface area contributed by atoms with Gasteiger partial charge in [-0.3, -0.25) is 4.98 Å². The second-order valence-corrected chi connectivity index (χ2v) is 4.77. The second-order valence-electron chi connectivity index (χ2n) is 4.77. The van der Waals surface area contributed by atoms with Crippen LogP contribution in [0.5, 0.6) is 0 Å². The summed E-state index contributed by atoms with van der Waals surface area (Å²) < 4.78 is 13.2. The van der Waals surface area contributed by atoms with E-state index >= 15 is 0 Å². The molecule has 0 amide bonds. The van der Waals surface area contributed by atoms with Crippen LogP contribution in [-0.2, 0) is 5.41 Å². The van der Waals surface area contributed by atoms with Crippen molar-refractivity contribution in [3.63, 3.8) is 0 Å². The summed E-state index contributed by atoms with van der Waals surface area (Å²) in [7, 11) is 0. The first-order chi connectivity index (χ1) is 6.98. The molecular formula is C13H14FN. The topological polar surface area (TPSA) is 12.9 Å². The summed E-state index contributed by atoms with van der Waals surface area (Å²) in [6.07, 6.45) is 1.78. The third-order valence-corrected chi connectivity index (χ3v) is 2.51. The van der Waals surface area contributed by atoms with Gasteiger partial charge in [-0.05, 0) is 35.2 Å². The Labute approximate surface area is 89.0 Å². The molecule has 0 aliphatic rings. The van der Waals surface area contributed by atoms with Gasteiger partial charge in [-0.25, -0.2) is 4.39 Å². The zero-order chi connectivity index (χ0) is 11.1. The van der Waals surface area contributed by atoms with Crippen LogP contribution in [0.2, 0.25) is 0 Å². The summed E-state index contributed by atoms with van der Waals surface area (Å²) in [6.45, 7) is 6.35. The van der Waals surface area contributed by atoms with E-state index in [1.54, 1.807) is 18.3 Å². The average Bonchev–Trinajstić information content (AvgIpc) is 2.15. The Morgan fingerprint density at radius 1 is 1.13 bits per heavy atom. The predicted molar refractivity (Wildman–Crippen MR) is 60.4 cm³/mol. The van der Waals surface area contributed by atoms with Crippen molar-refractivity contribution in [3.8, 4) is 0 Å². The third kappa shape index (κ3) is 1.84. The molecule has 0 atom stereocenters. The van der Waals surface area contributed by atoms with Crippen LogP contribution >= 0.6 is 0 Å². The number of hydrogen-bond donors (Lipinski definition) is 0. The van der Waals surface area contributed by atoms with Crippen molar-refractivity contribution < 1.29 is 4.39 Å². The quantitative estimate of drug-likeness (QED) is 0.636. The molecule has 0 N–H and O–H groups in total. The van der Waals surface area contributed by atoms with Gasteiger partial charge in [-0.1, -0.05) is 20.8 Å². The van der Waals surface area contributed by atoms with Crippen molar-refractivity contribution in [2.45, 2.75) is 26.2 Å². The molecule has 2 heteroatoms. The lowest BCUT2D eigenvalue weighted by Crippen LogP contribution is -2.11. The smallest absolute Gasteiger partial charge is 0.123 e. The van der Waals surface area contributed by atoms with Crippen LogP contribution in [-0.4, -0.2) is 4.98 Å². The van der Waals surface area contributed by atoms with E-state index in [0.29, 0.717) is 0 Å². The monoisotopic (exact) mass is 203 g/mol. The van der Waals surface area contributed by atoms with Gasteiger partial charge in [0, 0.05) is 11.6 Å². The van der Waals surface area contributed by atoms with E-state index in [1.165, 1.54) is 6.07 Å². The summed E-state index contributed by atoms with van der Waals surface area (Å²) in [5, 5.41) is 0.907. The number of pyridine rings is 1. The van der Waals surface area contributed by atoms with Gasteiger partial charge in [0.1, 0.15) is 5.82 Å². The zero-order valence-corrected chi connectivity index (χ0v) is 9.21. The number of hydrogen-bond acceptors (Lipinski definition) is 1. The maximum absolute atomic E-state index is 13.2. The van der Waals surface area contributed by atoms with Gasteiger partial charge in [0.05, 0.1) is 5.52 Å². The lowest BCUT2D eigenvalue weighted by molar-refractivity contribution is 0.593. The lowest BCUT2D eigenvalue weighted by atomic mass is 9.85. The Morgan fingerprint density at radius 3 is 2.53 bits per heavy atom. The highest BCUT2D eigenvalue weighted by Gasteiger charge is 2.16. The minimum atomic E-state index is -0.207. The molecule has 1 nitrogen and oxygen atoms in total. The van der Waals surface area contributed by atoms with Crippen LogP contribution in [0.3, 0.4) is 0 Å². The van der Waals surface area contributed by atoms with Gasteiger partial charge in [-0.15, -0.1) is 0 Å². The summed E-state index contributed by atoms with van der Waals surface area (Å²) in [4.78, 5) is 4.23. The molecular weight excluding hydrogens is 189 g/mol. The third-order valence-electron chi connectivity index (χ3n) is 2.51. The van der Waals surface area contributed by atoms with Gasteiger partial charge in [-0.2, -0.15) is 0 Å². The van der Waals surface area contributed by atoms with E-state index in [-0.39, 0.29) is 11.2 Å². The minimum absolute atomic E-state index is 0.00891. The van der Waals surface area contributed by atoms with Crippen molar-refractivity contribution in [3.05, 3.63) is 41.8 Å². The Bertz CT molecular complexity index is 497. The molecule has 2 rings (SSSR count). The van der Waals surface area contributed by atoms with Gasteiger partial charge in [0.15, 0.2) is 0 Å². The molecule has 1 aromatic heterocycles. The van der Waals surface area contributed by atoms with E-state index in [9.17, 15) is 4.39 Å². The first-order valence-corrected chi connectivity index (χ1v) is 5.03. The number of benzene rings is 1. The van der Waals surface area contributed by atoms with Crippen molar-refractivity contribution >= 4 is 10.9 Å². The standard InChI is InChI=1S/C13H14FN/c1-13(2,3)11-6-7-15-12-5-4-9(14)8-10(11)12/h4-8H,1-3H3. The molecule has 0 aliphatic heterocycles. The molecule has 78 valence electrons. The fourth-order valence-corrected chi connectivity index (χ4v) is 1.77. The predicted octanol–water partition coefficient (Wildman–Crippen LogP) is 3.67. The van der Waals surface area contributed by atoms with E-state index in [0.717, 1.165) is 16.5 Å². The molecule has 0 radical (unpaired) electrons. The van der Waals surface area contributed by atoms with Crippen LogP contribution in [0.15, 0.2) is 30.5 Å². The molecule has 1 heterocycles. The molecule has 0 spiro atoms. The van der Waals surface area contributed by atoms with E-state index < -0.39 is 0 Å². The fraction of sp³-hybridized carbons (Fsp3) is 0.308. The van der Waals surface area contributed by atoms with Gasteiger partial charge in [0.25, 0.3) is 0 Å². The van der Waals surface area contributed by atoms with Crippen LogP contribution in [0, 0.1) is 5.82 Å². The van der Waals surface area contributed by atoms with Crippen LogP contribution < -0.4 is 0 Å². The molecule has 0 saturated heterocycles. The summed E-state index contributed by atoms with van der Waals surface area (Å²) in [5.41, 5.74) is 1.99. The molecule has 0 unspecified atom stereocenters. The van der Waals surface area contributed by atoms with E-state index in [2.05, 4.69) is 25.8 Å². The highest BCUT2D eigenvalue weighted by molar-refractivity contribution is 5.82. The molecule has 0 saturated carbocycles.